The summed E-state index contributed by atoms with van der Waals surface area (Å²) in [6.45, 7) is 7.02. The lowest BCUT2D eigenvalue weighted by Crippen LogP contribution is -2.43. The van der Waals surface area contributed by atoms with E-state index in [4.69, 9.17) is 0 Å². The van der Waals surface area contributed by atoms with Crippen molar-refractivity contribution in [2.75, 3.05) is 18.8 Å². The van der Waals surface area contributed by atoms with Crippen molar-refractivity contribution < 1.29 is 4.79 Å². The molecule has 164 valence electrons. The van der Waals surface area contributed by atoms with Crippen molar-refractivity contribution in [3.8, 4) is 0 Å². The standard InChI is InChI=1S/C24H30N4OS2/c1-18-13-19(2)16-27(15-18)23(29)17-31-24-26-25-22(14-21-9-6-12-30-21)28(24)11-10-20-7-4-3-5-8-20/h3-9,12,18-19H,10-11,13-17H2,1-2H3. The van der Waals surface area contributed by atoms with Crippen LogP contribution in [0, 0.1) is 11.8 Å². The number of carbonyl (C=O) groups excluding carboxylic acids is 1. The molecule has 1 aliphatic rings. The van der Waals surface area contributed by atoms with Gasteiger partial charge in [0.1, 0.15) is 5.82 Å². The highest BCUT2D eigenvalue weighted by Crippen LogP contribution is 2.24. The number of piperidine rings is 1. The van der Waals surface area contributed by atoms with Gasteiger partial charge in [-0.25, -0.2) is 0 Å². The molecule has 3 heterocycles. The first-order chi connectivity index (χ1) is 15.1. The number of hydrogen-bond acceptors (Lipinski definition) is 5. The highest BCUT2D eigenvalue weighted by atomic mass is 32.2. The Kier molecular flexibility index (Phi) is 7.45. The molecule has 7 heteroatoms. The Morgan fingerprint density at radius 3 is 2.58 bits per heavy atom. The van der Waals surface area contributed by atoms with Crippen LogP contribution < -0.4 is 0 Å². The number of amides is 1. The fourth-order valence-corrected chi connectivity index (χ4v) is 5.91. The molecule has 1 fully saturated rings. The van der Waals surface area contributed by atoms with Gasteiger partial charge in [0.25, 0.3) is 0 Å². The summed E-state index contributed by atoms with van der Waals surface area (Å²) in [6.07, 6.45) is 2.89. The maximum atomic E-state index is 12.9. The van der Waals surface area contributed by atoms with Crippen molar-refractivity contribution >= 4 is 29.0 Å². The topological polar surface area (TPSA) is 51.0 Å². The highest BCUT2D eigenvalue weighted by molar-refractivity contribution is 7.99. The largest absolute Gasteiger partial charge is 0.341 e. The van der Waals surface area contributed by atoms with Crippen molar-refractivity contribution in [3.63, 3.8) is 0 Å². The number of aryl methyl sites for hydroxylation is 1. The van der Waals surface area contributed by atoms with Crippen LogP contribution in [0.25, 0.3) is 0 Å². The maximum absolute atomic E-state index is 12.9. The molecule has 0 bridgehead atoms. The number of nitrogens with zero attached hydrogens (tertiary/aromatic N) is 4. The molecule has 1 aromatic carbocycles. The summed E-state index contributed by atoms with van der Waals surface area (Å²) in [6, 6.07) is 14.7. The number of thioether (sulfide) groups is 1. The zero-order chi connectivity index (χ0) is 21.6. The van der Waals surface area contributed by atoms with Crippen LogP contribution in [0.5, 0.6) is 0 Å². The van der Waals surface area contributed by atoms with Crippen molar-refractivity contribution in [1.29, 1.82) is 0 Å². The van der Waals surface area contributed by atoms with E-state index < -0.39 is 0 Å². The Balaban J connectivity index is 1.45. The van der Waals surface area contributed by atoms with Gasteiger partial charge >= 0.3 is 0 Å². The molecule has 3 aromatic rings. The van der Waals surface area contributed by atoms with Gasteiger partial charge in [0.15, 0.2) is 5.16 Å². The summed E-state index contributed by atoms with van der Waals surface area (Å²) in [5.74, 6) is 2.74. The van der Waals surface area contributed by atoms with Crippen molar-refractivity contribution in [1.82, 2.24) is 19.7 Å². The average Bonchev–Trinajstić information content (AvgIpc) is 3.41. The molecule has 4 rings (SSSR count). The molecular weight excluding hydrogens is 424 g/mol. The van der Waals surface area contributed by atoms with E-state index in [0.717, 1.165) is 43.5 Å². The van der Waals surface area contributed by atoms with Crippen LogP contribution in [-0.4, -0.2) is 44.4 Å². The van der Waals surface area contributed by atoms with Crippen molar-refractivity contribution in [2.24, 2.45) is 11.8 Å². The first kappa shape index (κ1) is 22.1. The number of benzene rings is 1. The molecule has 2 atom stereocenters. The van der Waals surface area contributed by atoms with Crippen LogP contribution in [0.2, 0.25) is 0 Å². The minimum absolute atomic E-state index is 0.209. The van der Waals surface area contributed by atoms with E-state index in [2.05, 4.69) is 70.4 Å². The van der Waals surface area contributed by atoms with Gasteiger partial charge in [-0.05, 0) is 41.7 Å². The zero-order valence-corrected chi connectivity index (χ0v) is 19.9. The molecule has 0 aliphatic carbocycles. The smallest absolute Gasteiger partial charge is 0.233 e. The number of rotatable bonds is 8. The molecule has 0 radical (unpaired) electrons. The van der Waals surface area contributed by atoms with E-state index in [1.54, 1.807) is 11.3 Å². The minimum atomic E-state index is 0.209. The molecule has 2 aromatic heterocycles. The lowest BCUT2D eigenvalue weighted by molar-refractivity contribution is -0.130. The van der Waals surface area contributed by atoms with Gasteiger partial charge in [-0.15, -0.1) is 21.5 Å². The van der Waals surface area contributed by atoms with Crippen LogP contribution in [0.15, 0.2) is 53.0 Å². The Hall–Kier alpha value is -2.12. The molecule has 1 saturated heterocycles. The highest BCUT2D eigenvalue weighted by Gasteiger charge is 2.26. The van der Waals surface area contributed by atoms with Gasteiger partial charge in [0.05, 0.1) is 5.75 Å². The van der Waals surface area contributed by atoms with Gasteiger partial charge < -0.3 is 9.47 Å². The van der Waals surface area contributed by atoms with Gasteiger partial charge in [0.2, 0.25) is 5.91 Å². The molecule has 2 unspecified atom stereocenters. The first-order valence-corrected chi connectivity index (χ1v) is 12.8. The van der Waals surface area contributed by atoms with Gasteiger partial charge in [0, 0.05) is 30.9 Å². The molecule has 0 spiro atoms. The Morgan fingerprint density at radius 2 is 1.87 bits per heavy atom. The molecule has 5 nitrogen and oxygen atoms in total. The Labute approximate surface area is 192 Å². The quantitative estimate of drug-likeness (QED) is 0.460. The Morgan fingerprint density at radius 1 is 1.10 bits per heavy atom. The maximum Gasteiger partial charge on any atom is 0.233 e. The second-order valence-electron chi connectivity index (χ2n) is 8.58. The van der Waals surface area contributed by atoms with Gasteiger partial charge in [-0.2, -0.15) is 0 Å². The SMILES string of the molecule is CC1CC(C)CN(C(=O)CSc2nnc(Cc3cccs3)n2CCc2ccccc2)C1. The van der Waals surface area contributed by atoms with Crippen LogP contribution in [-0.2, 0) is 24.2 Å². The van der Waals surface area contributed by atoms with E-state index in [1.807, 2.05) is 11.0 Å². The molecule has 1 aliphatic heterocycles. The van der Waals surface area contributed by atoms with Crippen molar-refractivity contribution in [3.05, 3.63) is 64.1 Å². The molecule has 1 amide bonds. The van der Waals surface area contributed by atoms with Gasteiger partial charge in [-0.1, -0.05) is 62.0 Å². The number of carbonyl (C=O) groups is 1. The van der Waals surface area contributed by atoms with E-state index >= 15 is 0 Å². The van der Waals surface area contributed by atoms with Gasteiger partial charge in [-0.3, -0.25) is 4.79 Å². The summed E-state index contributed by atoms with van der Waals surface area (Å²) >= 11 is 3.26. The number of thiophene rings is 1. The van der Waals surface area contributed by atoms with Crippen LogP contribution in [0.4, 0.5) is 0 Å². The van der Waals surface area contributed by atoms with Crippen molar-refractivity contribution in [2.45, 2.75) is 44.8 Å². The van der Waals surface area contributed by atoms with Crippen LogP contribution in [0.1, 0.15) is 36.5 Å². The third-order valence-corrected chi connectivity index (χ3v) is 7.55. The Bertz CT molecular complexity index is 961. The molecule has 0 N–H and O–H groups in total. The average molecular weight is 455 g/mol. The molecular formula is C24H30N4OS2. The van der Waals surface area contributed by atoms with E-state index in [9.17, 15) is 4.79 Å². The first-order valence-electron chi connectivity index (χ1n) is 11.0. The lowest BCUT2D eigenvalue weighted by atomic mass is 9.92. The summed E-state index contributed by atoms with van der Waals surface area (Å²) in [7, 11) is 0. The minimum Gasteiger partial charge on any atom is -0.341 e. The summed E-state index contributed by atoms with van der Waals surface area (Å²) < 4.78 is 2.20. The second-order valence-corrected chi connectivity index (χ2v) is 10.6. The fourth-order valence-electron chi connectivity index (χ4n) is 4.32. The number of aromatic nitrogens is 3. The third kappa shape index (κ3) is 5.98. The summed E-state index contributed by atoms with van der Waals surface area (Å²) in [5.41, 5.74) is 1.29. The van der Waals surface area contributed by atoms with E-state index in [1.165, 1.54) is 28.6 Å². The van der Waals surface area contributed by atoms with Crippen LogP contribution >= 0.6 is 23.1 Å². The predicted octanol–water partition coefficient (Wildman–Crippen LogP) is 4.77. The molecule has 31 heavy (non-hydrogen) atoms. The molecule has 0 saturated carbocycles. The predicted molar refractivity (Wildman–Crippen MR) is 128 cm³/mol. The van der Waals surface area contributed by atoms with E-state index in [0.29, 0.717) is 17.6 Å². The zero-order valence-electron chi connectivity index (χ0n) is 18.2. The van der Waals surface area contributed by atoms with E-state index in [-0.39, 0.29) is 5.91 Å². The normalized spacial score (nSPS) is 19.0. The second kappa shape index (κ2) is 10.5. The monoisotopic (exact) mass is 454 g/mol. The summed E-state index contributed by atoms with van der Waals surface area (Å²) in [4.78, 5) is 16.2. The number of hydrogen-bond donors (Lipinski definition) is 0. The fraction of sp³-hybridized carbons (Fsp3) is 0.458. The number of likely N-dealkylation sites (tertiary alicyclic amines) is 1. The third-order valence-electron chi connectivity index (χ3n) is 5.72. The summed E-state index contributed by atoms with van der Waals surface area (Å²) in [5, 5.41) is 11.9. The lowest BCUT2D eigenvalue weighted by Gasteiger charge is -2.35. The van der Waals surface area contributed by atoms with Crippen LogP contribution in [0.3, 0.4) is 0 Å².